The summed E-state index contributed by atoms with van der Waals surface area (Å²) >= 11 is 0. The van der Waals surface area contributed by atoms with E-state index in [1.807, 2.05) is 0 Å². The summed E-state index contributed by atoms with van der Waals surface area (Å²) in [6.45, 7) is 0. The predicted octanol–water partition coefficient (Wildman–Crippen LogP) is -0.781. The van der Waals surface area contributed by atoms with Crippen LogP contribution in [0.1, 0.15) is 5.56 Å². The molecule has 0 heterocycles. The predicted molar refractivity (Wildman–Crippen MR) is 75.5 cm³/mol. The van der Waals surface area contributed by atoms with Crippen LogP contribution in [0.4, 0.5) is 5.69 Å². The first-order valence-electron chi connectivity index (χ1n) is 5.14. The Kier molecular flexibility index (Phi) is 4.79. The van der Waals surface area contributed by atoms with E-state index in [0.717, 1.165) is 6.26 Å². The lowest BCUT2D eigenvalue weighted by Gasteiger charge is -2.07. The van der Waals surface area contributed by atoms with Crippen molar-refractivity contribution in [2.45, 2.75) is 5.75 Å². The molecule has 0 atom stereocenters. The van der Waals surface area contributed by atoms with Gasteiger partial charge in [0, 0.05) is 11.9 Å². The van der Waals surface area contributed by atoms with E-state index in [1.165, 1.54) is 24.3 Å². The van der Waals surface area contributed by atoms with Gasteiger partial charge in [-0.15, -0.1) is 0 Å². The molecule has 1 rings (SSSR count). The first-order valence-corrected chi connectivity index (χ1v) is 10.6. The zero-order valence-corrected chi connectivity index (χ0v) is 12.9. The Morgan fingerprint density at radius 3 is 1.90 bits per heavy atom. The van der Waals surface area contributed by atoms with Gasteiger partial charge >= 0.3 is 0 Å². The Morgan fingerprint density at radius 2 is 1.50 bits per heavy atom. The van der Waals surface area contributed by atoms with E-state index in [9.17, 15) is 25.3 Å². The Bertz CT molecular complexity index is 779. The number of anilines is 1. The number of benzene rings is 1. The van der Waals surface area contributed by atoms with Gasteiger partial charge in [-0.3, -0.25) is 4.72 Å². The molecule has 114 valence electrons. The lowest BCUT2D eigenvalue weighted by Crippen LogP contribution is -2.22. The first-order chi connectivity index (χ1) is 8.86. The van der Waals surface area contributed by atoms with Crippen molar-refractivity contribution in [1.82, 2.24) is 0 Å². The van der Waals surface area contributed by atoms with Gasteiger partial charge in [0.1, 0.15) is 0 Å². The van der Waals surface area contributed by atoms with Crippen LogP contribution in [0.5, 0.6) is 0 Å². The maximum absolute atomic E-state index is 11.5. The van der Waals surface area contributed by atoms with Crippen LogP contribution in [0.15, 0.2) is 24.3 Å². The fraction of sp³-hybridized carbons (Fsp3) is 0.333. The molecule has 3 N–H and O–H groups in total. The number of hydrogen-bond acceptors (Lipinski definition) is 6. The first kappa shape index (κ1) is 16.9. The van der Waals surface area contributed by atoms with Crippen LogP contribution in [-0.2, 0) is 35.6 Å². The van der Waals surface area contributed by atoms with Crippen LogP contribution in [0.25, 0.3) is 0 Å². The molecule has 0 amide bonds. The minimum Gasteiger partial charge on any atom is -0.283 e. The lowest BCUT2D eigenvalue weighted by atomic mass is 10.2. The van der Waals surface area contributed by atoms with Crippen molar-refractivity contribution < 1.29 is 25.3 Å². The van der Waals surface area contributed by atoms with E-state index in [0.29, 0.717) is 5.56 Å². The summed E-state index contributed by atoms with van der Waals surface area (Å²) in [4.78, 5) is 0. The maximum Gasteiger partial charge on any atom is 0.247 e. The molecule has 8 nitrogen and oxygen atoms in total. The Morgan fingerprint density at radius 1 is 1.00 bits per heavy atom. The summed E-state index contributed by atoms with van der Waals surface area (Å²) in [5.41, 5.74) is 0.519. The van der Waals surface area contributed by atoms with Gasteiger partial charge in [-0.2, -0.15) is 0 Å². The monoisotopic (exact) mass is 342 g/mol. The average Bonchev–Trinajstić information content (AvgIpc) is 2.14. The summed E-state index contributed by atoms with van der Waals surface area (Å²) in [5, 5.41) is 3.84. The number of primary sulfonamides is 1. The third-order valence-corrected chi connectivity index (χ3v) is 6.20. The zero-order valence-electron chi connectivity index (χ0n) is 10.5. The van der Waals surface area contributed by atoms with Crippen LogP contribution in [-0.4, -0.2) is 36.6 Å². The SMILES string of the molecule is CS(=O)(=O)CS(=O)(=O)Nc1ccc(CS(N)(=O)=O)cc1. The van der Waals surface area contributed by atoms with Crippen molar-refractivity contribution in [3.63, 3.8) is 0 Å². The standard InChI is InChI=1S/C9H14N2O6S3/c1-18(12,13)7-20(16,17)11-9-4-2-8(3-5-9)6-19(10,14)15/h2-5,11H,6-7H2,1H3,(H2,10,14,15). The number of sulfonamides is 2. The van der Waals surface area contributed by atoms with Crippen molar-refractivity contribution in [2.75, 3.05) is 16.1 Å². The molecule has 0 saturated heterocycles. The van der Waals surface area contributed by atoms with Crippen molar-refractivity contribution in [3.05, 3.63) is 29.8 Å². The van der Waals surface area contributed by atoms with Crippen molar-refractivity contribution in [3.8, 4) is 0 Å². The fourth-order valence-corrected chi connectivity index (χ4v) is 5.03. The van der Waals surface area contributed by atoms with Crippen molar-refractivity contribution in [2.24, 2.45) is 5.14 Å². The summed E-state index contributed by atoms with van der Waals surface area (Å²) in [5.74, 6) is -0.372. The normalized spacial score (nSPS) is 13.1. The Balaban J connectivity index is 2.86. The van der Waals surface area contributed by atoms with Crippen LogP contribution < -0.4 is 9.86 Å². The molecular formula is C9H14N2O6S3. The summed E-state index contributed by atoms with van der Waals surface area (Å²) in [6, 6.07) is 5.39. The molecule has 0 aliphatic rings. The molecule has 0 fully saturated rings. The van der Waals surface area contributed by atoms with Gasteiger partial charge in [-0.25, -0.2) is 30.4 Å². The highest BCUT2D eigenvalue weighted by molar-refractivity contribution is 8.08. The van der Waals surface area contributed by atoms with E-state index >= 15 is 0 Å². The molecule has 0 aliphatic heterocycles. The van der Waals surface area contributed by atoms with E-state index in [-0.39, 0.29) is 11.4 Å². The largest absolute Gasteiger partial charge is 0.283 e. The van der Waals surface area contributed by atoms with Crippen LogP contribution in [0.3, 0.4) is 0 Å². The van der Waals surface area contributed by atoms with E-state index in [2.05, 4.69) is 4.72 Å². The third kappa shape index (κ3) is 6.84. The van der Waals surface area contributed by atoms with Gasteiger partial charge in [0.15, 0.2) is 14.9 Å². The molecule has 0 aromatic heterocycles. The smallest absolute Gasteiger partial charge is 0.247 e. The Labute approximate surface area is 118 Å². The second-order valence-corrected chi connectivity index (χ2v) is 10.1. The van der Waals surface area contributed by atoms with Crippen LogP contribution in [0, 0.1) is 0 Å². The van der Waals surface area contributed by atoms with E-state index in [1.54, 1.807) is 0 Å². The van der Waals surface area contributed by atoms with Crippen LogP contribution in [0.2, 0.25) is 0 Å². The van der Waals surface area contributed by atoms with Gasteiger partial charge in [0.05, 0.1) is 5.75 Å². The second kappa shape index (κ2) is 5.68. The van der Waals surface area contributed by atoms with Gasteiger partial charge < -0.3 is 0 Å². The van der Waals surface area contributed by atoms with E-state index < -0.39 is 35.0 Å². The van der Waals surface area contributed by atoms with Gasteiger partial charge in [0.25, 0.3) is 0 Å². The zero-order chi connectivity index (χ0) is 15.6. The topological polar surface area (TPSA) is 140 Å². The lowest BCUT2D eigenvalue weighted by molar-refractivity contribution is 0.593. The summed E-state index contributed by atoms with van der Waals surface area (Å²) in [6.07, 6.45) is 0.807. The van der Waals surface area contributed by atoms with Gasteiger partial charge in [-0.1, -0.05) is 12.1 Å². The molecular weight excluding hydrogens is 328 g/mol. The maximum atomic E-state index is 11.5. The highest BCUT2D eigenvalue weighted by Gasteiger charge is 2.18. The molecule has 0 spiro atoms. The third-order valence-electron chi connectivity index (χ3n) is 1.96. The molecule has 0 bridgehead atoms. The minimum atomic E-state index is -4.02. The molecule has 20 heavy (non-hydrogen) atoms. The number of nitrogens with one attached hydrogen (secondary N) is 1. The average molecular weight is 342 g/mol. The number of nitrogens with two attached hydrogens (primary N) is 1. The van der Waals surface area contributed by atoms with Crippen LogP contribution >= 0.6 is 0 Å². The van der Waals surface area contributed by atoms with E-state index in [4.69, 9.17) is 5.14 Å². The molecule has 0 radical (unpaired) electrons. The molecule has 0 aliphatic carbocycles. The van der Waals surface area contributed by atoms with Gasteiger partial charge in [-0.05, 0) is 17.7 Å². The Hall–Kier alpha value is -1.17. The molecule has 0 saturated carbocycles. The minimum absolute atomic E-state index is 0.131. The molecule has 1 aromatic rings. The van der Waals surface area contributed by atoms with Crippen molar-refractivity contribution >= 4 is 35.6 Å². The molecule has 11 heteroatoms. The van der Waals surface area contributed by atoms with Crippen molar-refractivity contribution in [1.29, 1.82) is 0 Å². The highest BCUT2D eigenvalue weighted by Crippen LogP contribution is 2.13. The number of sulfone groups is 1. The number of hydrogen-bond donors (Lipinski definition) is 2. The second-order valence-electron chi connectivity index (χ2n) is 4.26. The summed E-state index contributed by atoms with van der Waals surface area (Å²) in [7, 11) is -11.4. The highest BCUT2D eigenvalue weighted by atomic mass is 32.3. The molecule has 1 aromatic carbocycles. The number of rotatable bonds is 6. The van der Waals surface area contributed by atoms with Gasteiger partial charge in [0.2, 0.25) is 20.0 Å². The quantitative estimate of drug-likeness (QED) is 0.695. The summed E-state index contributed by atoms with van der Waals surface area (Å²) < 4.78 is 68.8. The fourth-order valence-electron chi connectivity index (χ4n) is 1.39. The molecule has 0 unspecified atom stereocenters.